The average molecular weight is 332 g/mol. The maximum atomic E-state index is 11.8. The Morgan fingerprint density at radius 3 is 2.64 bits per heavy atom. The second-order valence-corrected chi connectivity index (χ2v) is 7.86. The quantitative estimate of drug-likeness (QED) is 0.451. The van der Waals surface area contributed by atoms with Crippen LogP contribution < -0.4 is 16.0 Å². The van der Waals surface area contributed by atoms with E-state index in [1.807, 2.05) is 6.92 Å². The molecule has 1 saturated heterocycles. The predicted octanol–water partition coefficient (Wildman–Crippen LogP) is 0.0334. The summed E-state index contributed by atoms with van der Waals surface area (Å²) in [5, 5.41) is 9.15. The number of guanidine groups is 1. The van der Waals surface area contributed by atoms with Crippen LogP contribution in [0.5, 0.6) is 0 Å². The molecule has 2 unspecified atom stereocenters. The SMILES string of the molecule is CCNC(=NCCC(=O)NC1CCS(=O)(=O)C1)NC(C)CC. The normalized spacial score (nSPS) is 22.1. The van der Waals surface area contributed by atoms with E-state index in [4.69, 9.17) is 0 Å². The number of nitrogens with one attached hydrogen (secondary N) is 3. The molecule has 1 amide bonds. The van der Waals surface area contributed by atoms with Crippen LogP contribution in [0.1, 0.15) is 40.0 Å². The molecule has 1 rings (SSSR count). The van der Waals surface area contributed by atoms with E-state index in [0.717, 1.165) is 13.0 Å². The second-order valence-electron chi connectivity index (χ2n) is 5.63. The largest absolute Gasteiger partial charge is 0.357 e. The Kier molecular flexibility index (Phi) is 7.64. The van der Waals surface area contributed by atoms with Gasteiger partial charge in [0.05, 0.1) is 18.1 Å². The van der Waals surface area contributed by atoms with Crippen LogP contribution in [-0.4, -0.2) is 57.0 Å². The molecule has 3 N–H and O–H groups in total. The van der Waals surface area contributed by atoms with Gasteiger partial charge in [-0.25, -0.2) is 8.42 Å². The molecule has 7 nitrogen and oxygen atoms in total. The van der Waals surface area contributed by atoms with Gasteiger partial charge in [0.2, 0.25) is 5.91 Å². The lowest BCUT2D eigenvalue weighted by molar-refractivity contribution is -0.121. The Bertz CT molecular complexity index is 490. The first-order valence-electron chi connectivity index (χ1n) is 7.91. The third-order valence-electron chi connectivity index (χ3n) is 3.55. The highest BCUT2D eigenvalue weighted by Crippen LogP contribution is 2.11. The lowest BCUT2D eigenvalue weighted by Gasteiger charge is -2.16. The van der Waals surface area contributed by atoms with Crippen LogP contribution in [0.15, 0.2) is 4.99 Å². The van der Waals surface area contributed by atoms with Gasteiger partial charge < -0.3 is 16.0 Å². The van der Waals surface area contributed by atoms with Crippen molar-refractivity contribution < 1.29 is 13.2 Å². The molecule has 0 aromatic heterocycles. The molecule has 0 aromatic carbocycles. The molecular weight excluding hydrogens is 304 g/mol. The predicted molar refractivity (Wildman–Crippen MR) is 88.7 cm³/mol. The summed E-state index contributed by atoms with van der Waals surface area (Å²) in [6.45, 7) is 7.27. The Morgan fingerprint density at radius 2 is 2.09 bits per heavy atom. The number of hydrogen-bond acceptors (Lipinski definition) is 4. The van der Waals surface area contributed by atoms with Crippen molar-refractivity contribution in [2.45, 2.75) is 52.1 Å². The zero-order valence-electron chi connectivity index (χ0n) is 13.7. The van der Waals surface area contributed by atoms with Crippen molar-refractivity contribution >= 4 is 21.7 Å². The molecule has 1 aliphatic heterocycles. The Balaban J connectivity index is 2.36. The Morgan fingerprint density at radius 1 is 1.36 bits per heavy atom. The summed E-state index contributed by atoms with van der Waals surface area (Å²) in [6.07, 6.45) is 1.75. The number of amides is 1. The minimum absolute atomic E-state index is 0.0558. The summed E-state index contributed by atoms with van der Waals surface area (Å²) >= 11 is 0. The number of carbonyl (C=O) groups is 1. The first kappa shape index (κ1) is 18.7. The molecule has 1 aliphatic rings. The molecule has 0 aliphatic carbocycles. The lowest BCUT2D eigenvalue weighted by Crippen LogP contribution is -2.42. The molecule has 0 radical (unpaired) electrons. The highest BCUT2D eigenvalue weighted by molar-refractivity contribution is 7.91. The summed E-state index contributed by atoms with van der Waals surface area (Å²) in [5.41, 5.74) is 0. The fourth-order valence-electron chi connectivity index (χ4n) is 2.13. The first-order valence-corrected chi connectivity index (χ1v) is 9.73. The molecular formula is C14H28N4O3S. The van der Waals surface area contributed by atoms with Crippen LogP contribution in [0, 0.1) is 0 Å². The van der Waals surface area contributed by atoms with Gasteiger partial charge in [-0.15, -0.1) is 0 Å². The van der Waals surface area contributed by atoms with Crippen molar-refractivity contribution in [3.8, 4) is 0 Å². The zero-order valence-corrected chi connectivity index (χ0v) is 14.5. The minimum Gasteiger partial charge on any atom is -0.357 e. The van der Waals surface area contributed by atoms with Crippen LogP contribution >= 0.6 is 0 Å². The molecule has 0 aromatic rings. The maximum absolute atomic E-state index is 11.8. The summed E-state index contributed by atoms with van der Waals surface area (Å²) < 4.78 is 22.7. The van der Waals surface area contributed by atoms with Gasteiger partial charge in [-0.2, -0.15) is 0 Å². The van der Waals surface area contributed by atoms with E-state index in [1.165, 1.54) is 0 Å². The monoisotopic (exact) mass is 332 g/mol. The summed E-state index contributed by atoms with van der Waals surface area (Å²) in [4.78, 5) is 16.2. The van der Waals surface area contributed by atoms with Crippen molar-refractivity contribution in [3.63, 3.8) is 0 Å². The van der Waals surface area contributed by atoms with Crippen molar-refractivity contribution in [1.82, 2.24) is 16.0 Å². The maximum Gasteiger partial charge on any atom is 0.222 e. The second kappa shape index (κ2) is 8.97. The number of aliphatic imine (C=N–C) groups is 1. The summed E-state index contributed by atoms with van der Waals surface area (Å²) in [6, 6.07) is 0.0725. The van der Waals surface area contributed by atoms with Gasteiger partial charge in [0, 0.05) is 25.0 Å². The lowest BCUT2D eigenvalue weighted by atomic mass is 10.2. The molecule has 1 heterocycles. The fourth-order valence-corrected chi connectivity index (χ4v) is 3.81. The van der Waals surface area contributed by atoms with Crippen LogP contribution in [0.4, 0.5) is 0 Å². The van der Waals surface area contributed by atoms with Crippen LogP contribution in [0.3, 0.4) is 0 Å². The number of rotatable bonds is 7. The van der Waals surface area contributed by atoms with Gasteiger partial charge in [0.15, 0.2) is 15.8 Å². The average Bonchev–Trinajstić information content (AvgIpc) is 2.77. The smallest absolute Gasteiger partial charge is 0.222 e. The zero-order chi connectivity index (χ0) is 16.6. The Hall–Kier alpha value is -1.31. The summed E-state index contributed by atoms with van der Waals surface area (Å²) in [5.74, 6) is 0.776. The number of nitrogens with zero attached hydrogens (tertiary/aromatic N) is 1. The number of carbonyl (C=O) groups excluding carboxylic acids is 1. The highest BCUT2D eigenvalue weighted by Gasteiger charge is 2.28. The number of hydrogen-bond donors (Lipinski definition) is 3. The molecule has 0 saturated carbocycles. The highest BCUT2D eigenvalue weighted by atomic mass is 32.2. The third-order valence-corrected chi connectivity index (χ3v) is 5.31. The van der Waals surface area contributed by atoms with Gasteiger partial charge in [-0.05, 0) is 26.7 Å². The van der Waals surface area contributed by atoms with Gasteiger partial charge >= 0.3 is 0 Å². The van der Waals surface area contributed by atoms with E-state index in [0.29, 0.717) is 25.0 Å². The van der Waals surface area contributed by atoms with E-state index < -0.39 is 9.84 Å². The van der Waals surface area contributed by atoms with Gasteiger partial charge in [0.25, 0.3) is 0 Å². The van der Waals surface area contributed by atoms with Crippen LogP contribution in [0.2, 0.25) is 0 Å². The van der Waals surface area contributed by atoms with E-state index in [-0.39, 0.29) is 29.9 Å². The van der Waals surface area contributed by atoms with Crippen molar-refractivity contribution in [3.05, 3.63) is 0 Å². The van der Waals surface area contributed by atoms with Crippen molar-refractivity contribution in [2.24, 2.45) is 4.99 Å². The van der Waals surface area contributed by atoms with Crippen molar-refractivity contribution in [1.29, 1.82) is 0 Å². The third kappa shape index (κ3) is 7.11. The fraction of sp³-hybridized carbons (Fsp3) is 0.857. The van der Waals surface area contributed by atoms with Gasteiger partial charge in [-0.3, -0.25) is 9.79 Å². The molecule has 0 spiro atoms. The van der Waals surface area contributed by atoms with Crippen LogP contribution in [0.25, 0.3) is 0 Å². The molecule has 8 heteroatoms. The molecule has 128 valence electrons. The van der Waals surface area contributed by atoms with E-state index >= 15 is 0 Å². The standard InChI is InChI=1S/C14H28N4O3S/c1-4-11(3)17-14(15-5-2)16-8-6-13(19)18-12-7-9-22(20,21)10-12/h11-12H,4-10H2,1-3H3,(H,18,19)(H2,15,16,17). The molecule has 2 atom stereocenters. The first-order chi connectivity index (χ1) is 10.4. The molecule has 1 fully saturated rings. The van der Waals surface area contributed by atoms with E-state index in [9.17, 15) is 13.2 Å². The summed E-state index contributed by atoms with van der Waals surface area (Å²) in [7, 11) is -2.96. The van der Waals surface area contributed by atoms with E-state index in [1.54, 1.807) is 0 Å². The minimum atomic E-state index is -2.96. The van der Waals surface area contributed by atoms with Gasteiger partial charge in [0.1, 0.15) is 0 Å². The van der Waals surface area contributed by atoms with Gasteiger partial charge in [-0.1, -0.05) is 6.92 Å². The topological polar surface area (TPSA) is 99.7 Å². The molecule has 0 bridgehead atoms. The van der Waals surface area contributed by atoms with Crippen molar-refractivity contribution in [2.75, 3.05) is 24.6 Å². The Labute approximate surface area is 133 Å². The van der Waals surface area contributed by atoms with E-state index in [2.05, 4.69) is 34.8 Å². The molecule has 22 heavy (non-hydrogen) atoms. The van der Waals surface area contributed by atoms with Crippen LogP contribution in [-0.2, 0) is 14.6 Å². The number of sulfone groups is 1.